The molecule has 0 aromatic heterocycles. The quantitative estimate of drug-likeness (QED) is 0.559. The van der Waals surface area contributed by atoms with Crippen molar-refractivity contribution in [3.05, 3.63) is 12.8 Å². The fraction of sp³-hybridized carbons (Fsp3) is 0.778. The van der Waals surface area contributed by atoms with Gasteiger partial charge in [0.15, 0.2) is 0 Å². The minimum absolute atomic E-state index is 0.519. The van der Waals surface area contributed by atoms with Crippen LogP contribution in [0.5, 0.6) is 0 Å². The Balaban J connectivity index is 1.65. The molecule has 0 spiro atoms. The molecule has 0 N–H and O–H groups in total. The second-order valence-corrected chi connectivity index (χ2v) is 3.32. The van der Waals surface area contributed by atoms with Gasteiger partial charge >= 0.3 is 0 Å². The molecule has 2 aliphatic heterocycles. The maximum Gasteiger partial charge on any atom is 0.0815 e. The lowest BCUT2D eigenvalue weighted by atomic mass is 9.95. The van der Waals surface area contributed by atoms with E-state index in [4.69, 9.17) is 9.47 Å². The lowest BCUT2D eigenvalue weighted by molar-refractivity contribution is 0.373. The lowest BCUT2D eigenvalue weighted by Gasteiger charge is -2.09. The molecule has 0 aromatic rings. The molecule has 2 unspecified atom stereocenters. The second-order valence-electron chi connectivity index (χ2n) is 3.32. The van der Waals surface area contributed by atoms with Crippen LogP contribution in [0, 0.1) is 12.8 Å². The molecule has 0 aromatic carbocycles. The number of ether oxygens (including phenoxy) is 2. The summed E-state index contributed by atoms with van der Waals surface area (Å²) in [5.74, 6) is 1.51. The minimum atomic E-state index is 0.519. The van der Waals surface area contributed by atoms with Crippen LogP contribution in [0.3, 0.4) is 0 Å². The van der Waals surface area contributed by atoms with Gasteiger partial charge < -0.3 is 9.47 Å². The Bertz CT molecular complexity index is 114. The largest absolute Gasteiger partial charge is 0.373 e. The van der Waals surface area contributed by atoms with Gasteiger partial charge in [-0.1, -0.05) is 6.92 Å². The van der Waals surface area contributed by atoms with Gasteiger partial charge in [0.25, 0.3) is 0 Å². The Kier molecular flexibility index (Phi) is 2.14. The number of rotatable bonds is 5. The zero-order chi connectivity index (χ0) is 7.68. The van der Waals surface area contributed by atoms with Gasteiger partial charge in [-0.25, -0.2) is 0 Å². The third kappa shape index (κ3) is 2.46. The summed E-state index contributed by atoms with van der Waals surface area (Å²) in [6.07, 6.45) is 4.21. The molecule has 2 nitrogen and oxygen atoms in total. The summed E-state index contributed by atoms with van der Waals surface area (Å²) in [4.78, 5) is 0. The van der Waals surface area contributed by atoms with Gasteiger partial charge in [-0.15, -0.1) is 0 Å². The first-order valence-corrected chi connectivity index (χ1v) is 4.24. The summed E-state index contributed by atoms with van der Waals surface area (Å²) in [7, 11) is 0. The lowest BCUT2D eigenvalue weighted by Crippen LogP contribution is -2.04. The monoisotopic (exact) mass is 154 g/mol. The molecule has 2 radical (unpaired) electrons. The van der Waals surface area contributed by atoms with Crippen molar-refractivity contribution in [3.63, 3.8) is 0 Å². The van der Waals surface area contributed by atoms with E-state index in [-0.39, 0.29) is 0 Å². The molecule has 2 heterocycles. The van der Waals surface area contributed by atoms with E-state index < -0.39 is 0 Å². The highest BCUT2D eigenvalue weighted by molar-refractivity contribution is 4.99. The maximum absolute atomic E-state index is 5.15. The zero-order valence-corrected chi connectivity index (χ0v) is 6.71. The van der Waals surface area contributed by atoms with Crippen molar-refractivity contribution in [2.24, 2.45) is 0 Å². The topological polar surface area (TPSA) is 25.1 Å². The molecule has 2 saturated heterocycles. The highest BCUT2D eigenvalue weighted by Gasteiger charge is 2.31. The molecular weight excluding hydrogens is 140 g/mol. The molecule has 0 amide bonds. The molecule has 62 valence electrons. The highest BCUT2D eigenvalue weighted by Crippen LogP contribution is 2.30. The summed E-state index contributed by atoms with van der Waals surface area (Å²) in [5.41, 5.74) is 0. The van der Waals surface area contributed by atoms with E-state index in [2.05, 4.69) is 6.92 Å². The van der Waals surface area contributed by atoms with E-state index in [1.807, 2.05) is 0 Å². The van der Waals surface area contributed by atoms with Crippen molar-refractivity contribution >= 4 is 0 Å². The first-order chi connectivity index (χ1) is 5.38. The number of hydrogen-bond acceptors (Lipinski definition) is 2. The predicted octanol–water partition coefficient (Wildman–Crippen LogP) is 1.36. The van der Waals surface area contributed by atoms with E-state index in [9.17, 15) is 0 Å². The third-order valence-electron chi connectivity index (χ3n) is 2.19. The molecule has 0 saturated carbocycles. The van der Waals surface area contributed by atoms with Gasteiger partial charge in [0, 0.05) is 0 Å². The van der Waals surface area contributed by atoms with Gasteiger partial charge in [0.2, 0.25) is 0 Å². The van der Waals surface area contributed by atoms with Crippen LogP contribution in [0.4, 0.5) is 0 Å². The fourth-order valence-electron chi connectivity index (χ4n) is 1.30. The number of hydrogen-bond donors (Lipinski definition) is 0. The first kappa shape index (κ1) is 7.56. The van der Waals surface area contributed by atoms with Crippen molar-refractivity contribution < 1.29 is 9.47 Å². The van der Waals surface area contributed by atoms with Gasteiger partial charge in [0.05, 0.1) is 25.4 Å². The van der Waals surface area contributed by atoms with Crippen molar-refractivity contribution in [1.82, 2.24) is 0 Å². The average molecular weight is 154 g/mol. The van der Waals surface area contributed by atoms with Crippen LogP contribution in [-0.2, 0) is 9.47 Å². The molecule has 0 aliphatic carbocycles. The summed E-state index contributed by atoms with van der Waals surface area (Å²) in [5, 5.41) is 0. The number of epoxide rings is 2. The average Bonchev–Trinajstić information content (AvgIpc) is 2.78. The van der Waals surface area contributed by atoms with Crippen molar-refractivity contribution in [2.45, 2.75) is 31.5 Å². The van der Waals surface area contributed by atoms with Gasteiger partial charge in [-0.05, 0) is 25.2 Å². The van der Waals surface area contributed by atoms with E-state index in [0.717, 1.165) is 32.5 Å². The van der Waals surface area contributed by atoms with Crippen LogP contribution < -0.4 is 0 Å². The third-order valence-corrected chi connectivity index (χ3v) is 2.19. The van der Waals surface area contributed by atoms with Crippen molar-refractivity contribution in [3.8, 4) is 0 Å². The Hall–Kier alpha value is -0.0800. The molecule has 2 fully saturated rings. The molecule has 2 atom stereocenters. The summed E-state index contributed by atoms with van der Waals surface area (Å²) in [6, 6.07) is 0. The van der Waals surface area contributed by atoms with Gasteiger partial charge in [0.1, 0.15) is 0 Å². The minimum Gasteiger partial charge on any atom is -0.373 e. The molecule has 11 heavy (non-hydrogen) atoms. The standard InChI is InChI=1S/C9H14O2/c1-2-7(3-8-5-10-8)4-9-6-11-9/h8-9H,1-6H2. The van der Waals surface area contributed by atoms with Crippen molar-refractivity contribution in [1.29, 1.82) is 0 Å². The van der Waals surface area contributed by atoms with Crippen LogP contribution in [0.15, 0.2) is 0 Å². The SMILES string of the molecule is [CH2]C[C](CC1CO1)CC1CO1. The second kappa shape index (κ2) is 3.11. The summed E-state index contributed by atoms with van der Waals surface area (Å²) in [6.45, 7) is 5.81. The predicted molar refractivity (Wildman–Crippen MR) is 41.9 cm³/mol. The van der Waals surface area contributed by atoms with Gasteiger partial charge in [-0.2, -0.15) is 0 Å². The Morgan fingerprint density at radius 3 is 1.91 bits per heavy atom. The van der Waals surface area contributed by atoms with Crippen molar-refractivity contribution in [2.75, 3.05) is 13.2 Å². The van der Waals surface area contributed by atoms with E-state index >= 15 is 0 Å². The summed E-state index contributed by atoms with van der Waals surface area (Å²) >= 11 is 0. The van der Waals surface area contributed by atoms with Gasteiger partial charge in [-0.3, -0.25) is 0 Å². The maximum atomic E-state index is 5.15. The Morgan fingerprint density at radius 1 is 1.18 bits per heavy atom. The van der Waals surface area contributed by atoms with E-state index in [0.29, 0.717) is 12.2 Å². The van der Waals surface area contributed by atoms with E-state index in [1.165, 1.54) is 5.92 Å². The fourth-order valence-corrected chi connectivity index (χ4v) is 1.30. The van der Waals surface area contributed by atoms with Crippen LogP contribution in [0.25, 0.3) is 0 Å². The van der Waals surface area contributed by atoms with Crippen LogP contribution >= 0.6 is 0 Å². The molecule has 2 rings (SSSR count). The first-order valence-electron chi connectivity index (χ1n) is 4.24. The molecule has 2 heteroatoms. The molecular formula is C9H14O2. The van der Waals surface area contributed by atoms with E-state index in [1.54, 1.807) is 0 Å². The Labute approximate surface area is 67.9 Å². The smallest absolute Gasteiger partial charge is 0.0815 e. The normalized spacial score (nSPS) is 34.4. The zero-order valence-electron chi connectivity index (χ0n) is 6.71. The molecule has 2 aliphatic rings. The molecule has 0 bridgehead atoms. The highest BCUT2D eigenvalue weighted by atomic mass is 16.6. The van der Waals surface area contributed by atoms with Crippen LogP contribution in [0.2, 0.25) is 0 Å². The van der Waals surface area contributed by atoms with Crippen LogP contribution in [-0.4, -0.2) is 25.4 Å². The summed E-state index contributed by atoms with van der Waals surface area (Å²) < 4.78 is 10.3. The van der Waals surface area contributed by atoms with Crippen LogP contribution in [0.1, 0.15) is 19.3 Å². The Morgan fingerprint density at radius 2 is 1.64 bits per heavy atom.